The highest BCUT2D eigenvalue weighted by Gasteiger charge is 2.20. The molecule has 0 aliphatic carbocycles. The topological polar surface area (TPSA) is 76.5 Å². The van der Waals surface area contributed by atoms with E-state index in [0.29, 0.717) is 16.3 Å². The molecule has 0 saturated carbocycles. The van der Waals surface area contributed by atoms with Crippen LogP contribution in [-0.2, 0) is 0 Å². The lowest BCUT2D eigenvalue weighted by Crippen LogP contribution is -2.08. The molecule has 0 saturated heterocycles. The van der Waals surface area contributed by atoms with Crippen molar-refractivity contribution in [2.24, 2.45) is 0 Å². The van der Waals surface area contributed by atoms with Gasteiger partial charge in [-0.15, -0.1) is 0 Å². The van der Waals surface area contributed by atoms with E-state index in [2.05, 4.69) is 4.98 Å². The molecular weight excluding hydrogens is 409 g/mol. The lowest BCUT2D eigenvalue weighted by atomic mass is 9.93. The van der Waals surface area contributed by atoms with Crippen molar-refractivity contribution in [3.63, 3.8) is 0 Å². The Hall–Kier alpha value is -3.25. The second kappa shape index (κ2) is 9.05. The second-order valence-corrected chi connectivity index (χ2v) is 7.41. The molecule has 0 amide bonds. The SMILES string of the molecule is Cc1cc(Oc2ncc(Cl)cc2C(=O)C[C@@H](C)c2ccc(C(=O)O)cc2)ccc1F. The van der Waals surface area contributed by atoms with Crippen LogP contribution in [0.5, 0.6) is 11.6 Å². The van der Waals surface area contributed by atoms with Crippen molar-refractivity contribution >= 4 is 23.4 Å². The summed E-state index contributed by atoms with van der Waals surface area (Å²) in [6.07, 6.45) is 1.52. The van der Waals surface area contributed by atoms with Gasteiger partial charge in [-0.05, 0) is 60.4 Å². The minimum Gasteiger partial charge on any atom is -0.478 e. The molecule has 3 rings (SSSR count). The lowest BCUT2D eigenvalue weighted by molar-refractivity contribution is 0.0696. The van der Waals surface area contributed by atoms with Crippen LogP contribution in [0.2, 0.25) is 5.02 Å². The van der Waals surface area contributed by atoms with Crippen molar-refractivity contribution in [2.45, 2.75) is 26.2 Å². The number of carbonyl (C=O) groups excluding carboxylic acids is 1. The van der Waals surface area contributed by atoms with E-state index in [9.17, 15) is 14.0 Å². The summed E-state index contributed by atoms with van der Waals surface area (Å²) in [5.74, 6) is -1.31. The molecule has 0 unspecified atom stereocenters. The quantitative estimate of drug-likeness (QED) is 0.464. The normalized spacial score (nSPS) is 11.7. The van der Waals surface area contributed by atoms with E-state index in [1.165, 1.54) is 42.6 Å². The molecule has 0 aliphatic rings. The van der Waals surface area contributed by atoms with Gasteiger partial charge in [0.05, 0.1) is 16.1 Å². The number of halogens is 2. The van der Waals surface area contributed by atoms with Crippen LogP contribution in [0.3, 0.4) is 0 Å². The Balaban J connectivity index is 1.81. The van der Waals surface area contributed by atoms with Crippen LogP contribution in [0.25, 0.3) is 0 Å². The number of pyridine rings is 1. The first-order chi connectivity index (χ1) is 14.2. The van der Waals surface area contributed by atoms with Crippen LogP contribution in [0, 0.1) is 12.7 Å². The predicted molar refractivity (Wildman–Crippen MR) is 111 cm³/mol. The molecule has 0 bridgehead atoms. The number of Topliss-reactive ketones (excluding diaryl/α,β-unsaturated/α-hetero) is 1. The summed E-state index contributed by atoms with van der Waals surface area (Å²) in [6.45, 7) is 3.48. The number of aromatic nitrogens is 1. The van der Waals surface area contributed by atoms with Gasteiger partial charge in [-0.25, -0.2) is 14.2 Å². The fourth-order valence-corrected chi connectivity index (χ4v) is 3.12. The number of aromatic carboxylic acids is 1. The number of carbonyl (C=O) groups is 2. The smallest absolute Gasteiger partial charge is 0.335 e. The average Bonchev–Trinajstić information content (AvgIpc) is 2.72. The number of carboxylic acid groups (broad SMARTS) is 1. The van der Waals surface area contributed by atoms with E-state index in [-0.39, 0.29) is 40.9 Å². The van der Waals surface area contributed by atoms with Crippen LogP contribution in [0.1, 0.15) is 51.1 Å². The van der Waals surface area contributed by atoms with Gasteiger partial charge in [0.1, 0.15) is 11.6 Å². The van der Waals surface area contributed by atoms with Crippen molar-refractivity contribution < 1.29 is 23.8 Å². The van der Waals surface area contributed by atoms with Crippen LogP contribution < -0.4 is 4.74 Å². The Kier molecular flexibility index (Phi) is 6.47. The fourth-order valence-electron chi connectivity index (χ4n) is 2.96. The molecule has 0 spiro atoms. The summed E-state index contributed by atoms with van der Waals surface area (Å²) in [7, 11) is 0. The average molecular weight is 428 g/mol. The zero-order valence-electron chi connectivity index (χ0n) is 16.4. The maximum absolute atomic E-state index is 13.5. The van der Waals surface area contributed by atoms with Gasteiger partial charge in [0.15, 0.2) is 5.78 Å². The highest BCUT2D eigenvalue weighted by atomic mass is 35.5. The molecule has 0 aliphatic heterocycles. The number of carboxylic acids is 1. The summed E-state index contributed by atoms with van der Waals surface area (Å²) in [6, 6.07) is 12.1. The first-order valence-corrected chi connectivity index (χ1v) is 9.58. The molecule has 1 N–H and O–H groups in total. The molecule has 30 heavy (non-hydrogen) atoms. The summed E-state index contributed by atoms with van der Waals surface area (Å²) in [5, 5.41) is 9.30. The molecule has 1 atom stereocenters. The first-order valence-electron chi connectivity index (χ1n) is 9.20. The van der Waals surface area contributed by atoms with Gasteiger partial charge in [-0.1, -0.05) is 30.7 Å². The minimum atomic E-state index is -1.01. The molecular formula is C23H19ClFNO4. The predicted octanol–water partition coefficient (Wildman–Crippen LogP) is 6.05. The van der Waals surface area contributed by atoms with Gasteiger partial charge in [0.2, 0.25) is 5.88 Å². The third-order valence-electron chi connectivity index (χ3n) is 4.68. The van der Waals surface area contributed by atoms with Gasteiger partial charge >= 0.3 is 5.97 Å². The number of aryl methyl sites for hydroxylation is 1. The van der Waals surface area contributed by atoms with Gasteiger partial charge in [0, 0.05) is 12.6 Å². The summed E-state index contributed by atoms with van der Waals surface area (Å²) in [5.41, 5.74) is 1.65. The Morgan fingerprint density at radius 2 is 1.87 bits per heavy atom. The largest absolute Gasteiger partial charge is 0.478 e. The summed E-state index contributed by atoms with van der Waals surface area (Å²) >= 11 is 6.04. The Labute approximate surface area is 178 Å². The first kappa shape index (κ1) is 21.5. The van der Waals surface area contributed by atoms with Crippen molar-refractivity contribution in [3.8, 4) is 11.6 Å². The van der Waals surface area contributed by atoms with Crippen molar-refractivity contribution in [1.29, 1.82) is 0 Å². The molecule has 3 aromatic rings. The van der Waals surface area contributed by atoms with E-state index < -0.39 is 5.97 Å². The highest BCUT2D eigenvalue weighted by Crippen LogP contribution is 2.30. The standard InChI is InChI=1S/C23H19ClFNO4/c1-13(15-3-5-16(6-4-15)23(28)29)10-21(27)19-11-17(24)12-26-22(19)30-18-7-8-20(25)14(2)9-18/h3-9,11-13H,10H2,1-2H3,(H,28,29)/t13-/m1/s1. The Morgan fingerprint density at radius 3 is 2.50 bits per heavy atom. The summed E-state index contributed by atoms with van der Waals surface area (Å²) < 4.78 is 19.2. The molecule has 0 fully saturated rings. The Morgan fingerprint density at radius 1 is 1.17 bits per heavy atom. The number of ketones is 1. The van der Waals surface area contributed by atoms with Crippen molar-refractivity contribution in [2.75, 3.05) is 0 Å². The molecule has 1 aromatic heterocycles. The van der Waals surface area contributed by atoms with E-state index in [0.717, 1.165) is 5.56 Å². The number of hydrogen-bond donors (Lipinski definition) is 1. The van der Waals surface area contributed by atoms with Crippen LogP contribution in [0.4, 0.5) is 4.39 Å². The number of rotatable bonds is 7. The molecule has 2 aromatic carbocycles. The van der Waals surface area contributed by atoms with Crippen molar-refractivity contribution in [1.82, 2.24) is 4.98 Å². The van der Waals surface area contributed by atoms with Crippen LogP contribution >= 0.6 is 11.6 Å². The fraction of sp³-hybridized carbons (Fsp3) is 0.174. The monoisotopic (exact) mass is 427 g/mol. The van der Waals surface area contributed by atoms with E-state index >= 15 is 0 Å². The molecule has 0 radical (unpaired) electrons. The van der Waals surface area contributed by atoms with E-state index in [1.54, 1.807) is 19.1 Å². The zero-order chi connectivity index (χ0) is 21.8. The second-order valence-electron chi connectivity index (χ2n) is 6.97. The molecule has 1 heterocycles. The van der Waals surface area contributed by atoms with Crippen LogP contribution in [-0.4, -0.2) is 21.8 Å². The maximum Gasteiger partial charge on any atom is 0.335 e. The Bertz CT molecular complexity index is 1100. The minimum absolute atomic E-state index is 0.0869. The highest BCUT2D eigenvalue weighted by molar-refractivity contribution is 6.30. The van der Waals surface area contributed by atoms with Gasteiger partial charge in [-0.2, -0.15) is 0 Å². The van der Waals surface area contributed by atoms with Gasteiger partial charge in [0.25, 0.3) is 0 Å². The number of hydrogen-bond acceptors (Lipinski definition) is 4. The number of ether oxygens (including phenoxy) is 1. The maximum atomic E-state index is 13.5. The van der Waals surface area contributed by atoms with E-state index in [4.69, 9.17) is 21.4 Å². The number of nitrogens with zero attached hydrogens (tertiary/aromatic N) is 1. The third kappa shape index (κ3) is 5.02. The lowest BCUT2D eigenvalue weighted by Gasteiger charge is -2.14. The van der Waals surface area contributed by atoms with Crippen molar-refractivity contribution in [3.05, 3.63) is 87.8 Å². The molecule has 154 valence electrons. The third-order valence-corrected chi connectivity index (χ3v) is 4.89. The molecule has 7 heteroatoms. The number of benzene rings is 2. The molecule has 5 nitrogen and oxygen atoms in total. The van der Waals surface area contributed by atoms with E-state index in [1.807, 2.05) is 6.92 Å². The van der Waals surface area contributed by atoms with Crippen LogP contribution in [0.15, 0.2) is 54.7 Å². The summed E-state index contributed by atoms with van der Waals surface area (Å²) in [4.78, 5) is 28.1. The zero-order valence-corrected chi connectivity index (χ0v) is 17.1. The van der Waals surface area contributed by atoms with Gasteiger partial charge < -0.3 is 9.84 Å². The van der Waals surface area contributed by atoms with Gasteiger partial charge in [-0.3, -0.25) is 4.79 Å².